The molecule has 0 aliphatic carbocycles. The summed E-state index contributed by atoms with van der Waals surface area (Å²) < 4.78 is 0. The molecule has 1 unspecified atom stereocenters. The Morgan fingerprint density at radius 1 is 0.371 bits per heavy atom. The molecule has 1 rings (SSSR count). The molecule has 1 aliphatic heterocycles. The summed E-state index contributed by atoms with van der Waals surface area (Å²) >= 11 is 0. The predicted molar refractivity (Wildman–Crippen MR) is 159 cm³/mol. The van der Waals surface area contributed by atoms with Crippen molar-refractivity contribution in [3.05, 3.63) is 12.4 Å². The van der Waals surface area contributed by atoms with Crippen LogP contribution < -0.4 is 0 Å². The van der Waals surface area contributed by atoms with E-state index in [1.165, 1.54) is 174 Å². The van der Waals surface area contributed by atoms with E-state index in [-0.39, 0.29) is 0 Å². The molecule has 1 atom stereocenters. The summed E-state index contributed by atoms with van der Waals surface area (Å²) in [5.74, 6) is 0. The van der Waals surface area contributed by atoms with Crippen molar-refractivity contribution in [3.8, 4) is 0 Å². The SMILES string of the molecule is CCCCCCCCCCCCCCCCCN1C=CN(CCCCC)C1CCCCCCCC. The lowest BCUT2D eigenvalue weighted by Crippen LogP contribution is -2.39. The second-order valence-electron chi connectivity index (χ2n) is 11.5. The van der Waals surface area contributed by atoms with Crippen LogP contribution in [-0.4, -0.2) is 29.1 Å². The first-order valence-corrected chi connectivity index (χ1v) is 16.5. The van der Waals surface area contributed by atoms with Crippen LogP contribution in [0.25, 0.3) is 0 Å². The van der Waals surface area contributed by atoms with E-state index in [2.05, 4.69) is 43.0 Å². The molecular weight excluding hydrogens is 424 g/mol. The van der Waals surface area contributed by atoms with E-state index in [4.69, 9.17) is 0 Å². The van der Waals surface area contributed by atoms with Crippen molar-refractivity contribution in [3.63, 3.8) is 0 Å². The maximum Gasteiger partial charge on any atom is 0.101 e. The minimum atomic E-state index is 0.643. The molecule has 0 fully saturated rings. The number of nitrogens with zero attached hydrogens (tertiary/aromatic N) is 2. The Balaban J connectivity index is 2.06. The Bertz CT molecular complexity index is 446. The van der Waals surface area contributed by atoms with Crippen molar-refractivity contribution in [2.24, 2.45) is 0 Å². The van der Waals surface area contributed by atoms with Gasteiger partial charge in [-0.1, -0.05) is 156 Å². The van der Waals surface area contributed by atoms with Gasteiger partial charge in [-0.3, -0.25) is 0 Å². The maximum absolute atomic E-state index is 2.68. The fraction of sp³-hybridized carbons (Fsp3) is 0.939. The topological polar surface area (TPSA) is 6.48 Å². The van der Waals surface area contributed by atoms with Crippen molar-refractivity contribution in [1.29, 1.82) is 0 Å². The van der Waals surface area contributed by atoms with Gasteiger partial charge in [-0.05, 0) is 25.7 Å². The molecule has 0 aromatic heterocycles. The fourth-order valence-corrected chi connectivity index (χ4v) is 5.66. The summed E-state index contributed by atoms with van der Waals surface area (Å²) in [6, 6.07) is 0. The molecule has 0 saturated heterocycles. The molecule has 2 nitrogen and oxygen atoms in total. The summed E-state index contributed by atoms with van der Waals surface area (Å²) in [7, 11) is 0. The van der Waals surface area contributed by atoms with Gasteiger partial charge >= 0.3 is 0 Å². The van der Waals surface area contributed by atoms with E-state index < -0.39 is 0 Å². The normalized spacial score (nSPS) is 15.6. The largest absolute Gasteiger partial charge is 0.356 e. The van der Waals surface area contributed by atoms with Crippen LogP contribution in [0.4, 0.5) is 0 Å². The molecule has 0 bridgehead atoms. The van der Waals surface area contributed by atoms with Crippen LogP contribution in [-0.2, 0) is 0 Å². The van der Waals surface area contributed by atoms with Gasteiger partial charge in [-0.15, -0.1) is 0 Å². The van der Waals surface area contributed by atoms with Crippen LogP contribution in [0.1, 0.15) is 181 Å². The Hall–Kier alpha value is -0.660. The third-order valence-corrected chi connectivity index (χ3v) is 8.07. The molecule has 0 radical (unpaired) electrons. The summed E-state index contributed by atoms with van der Waals surface area (Å²) in [4.78, 5) is 5.34. The highest BCUT2D eigenvalue weighted by atomic mass is 15.4. The summed E-state index contributed by atoms with van der Waals surface area (Å²) in [5, 5.41) is 0. The molecular formula is C33H66N2. The van der Waals surface area contributed by atoms with Crippen molar-refractivity contribution >= 4 is 0 Å². The Labute approximate surface area is 222 Å². The second kappa shape index (κ2) is 25.0. The van der Waals surface area contributed by atoms with Crippen LogP contribution in [0.2, 0.25) is 0 Å². The lowest BCUT2D eigenvalue weighted by atomic mass is 10.0. The lowest BCUT2D eigenvalue weighted by molar-refractivity contribution is 0.135. The van der Waals surface area contributed by atoms with Gasteiger partial charge in [0.15, 0.2) is 0 Å². The first-order chi connectivity index (χ1) is 17.3. The van der Waals surface area contributed by atoms with Crippen LogP contribution >= 0.6 is 0 Å². The maximum atomic E-state index is 2.68. The highest BCUT2D eigenvalue weighted by molar-refractivity contribution is 4.97. The third kappa shape index (κ3) is 18.3. The summed E-state index contributed by atoms with van der Waals surface area (Å²) in [6.07, 6.45) is 41.0. The second-order valence-corrected chi connectivity index (χ2v) is 11.5. The van der Waals surface area contributed by atoms with Gasteiger partial charge < -0.3 is 9.80 Å². The molecule has 0 aromatic carbocycles. The molecule has 35 heavy (non-hydrogen) atoms. The van der Waals surface area contributed by atoms with E-state index in [9.17, 15) is 0 Å². The van der Waals surface area contributed by atoms with E-state index >= 15 is 0 Å². The van der Waals surface area contributed by atoms with Crippen molar-refractivity contribution in [2.75, 3.05) is 13.1 Å². The van der Waals surface area contributed by atoms with Gasteiger partial charge in [0.25, 0.3) is 0 Å². The van der Waals surface area contributed by atoms with Crippen molar-refractivity contribution in [2.45, 2.75) is 187 Å². The van der Waals surface area contributed by atoms with Crippen LogP contribution in [0.3, 0.4) is 0 Å². The average molecular weight is 491 g/mol. The molecule has 0 amide bonds. The van der Waals surface area contributed by atoms with Crippen LogP contribution in [0, 0.1) is 0 Å². The van der Waals surface area contributed by atoms with E-state index in [0.29, 0.717) is 6.17 Å². The molecule has 1 heterocycles. The van der Waals surface area contributed by atoms with Gasteiger partial charge in [-0.2, -0.15) is 0 Å². The van der Waals surface area contributed by atoms with Crippen molar-refractivity contribution < 1.29 is 0 Å². The molecule has 0 N–H and O–H groups in total. The molecule has 2 heteroatoms. The summed E-state index contributed by atoms with van der Waals surface area (Å²) in [5.41, 5.74) is 0. The standard InChI is InChI=1S/C33H66N2/c1-4-7-10-12-14-15-16-17-18-19-20-21-22-24-27-30-35-32-31-34(29-26-9-6-3)33(35)28-25-23-13-11-8-5-2/h31-33H,4-30H2,1-3H3. The number of hydrogen-bond acceptors (Lipinski definition) is 2. The third-order valence-electron chi connectivity index (χ3n) is 8.07. The number of rotatable bonds is 27. The molecule has 208 valence electrons. The van der Waals surface area contributed by atoms with Crippen LogP contribution in [0.5, 0.6) is 0 Å². The minimum absolute atomic E-state index is 0.643. The zero-order valence-electron chi connectivity index (χ0n) is 24.7. The average Bonchev–Trinajstić information content (AvgIpc) is 3.25. The first kappa shape index (κ1) is 32.4. The zero-order valence-corrected chi connectivity index (χ0v) is 24.7. The highest BCUT2D eigenvalue weighted by Crippen LogP contribution is 2.23. The minimum Gasteiger partial charge on any atom is -0.356 e. The molecule has 0 saturated carbocycles. The summed E-state index contributed by atoms with van der Waals surface area (Å²) in [6.45, 7) is 9.45. The number of hydrogen-bond donors (Lipinski definition) is 0. The number of unbranched alkanes of at least 4 members (excludes halogenated alkanes) is 21. The molecule has 0 spiro atoms. The Morgan fingerprint density at radius 2 is 0.657 bits per heavy atom. The Morgan fingerprint density at radius 3 is 1.06 bits per heavy atom. The predicted octanol–water partition coefficient (Wildman–Crippen LogP) is 11.2. The zero-order chi connectivity index (χ0) is 25.2. The first-order valence-electron chi connectivity index (χ1n) is 16.5. The molecule has 1 aliphatic rings. The van der Waals surface area contributed by atoms with Gasteiger partial charge in [0, 0.05) is 25.5 Å². The smallest absolute Gasteiger partial charge is 0.101 e. The van der Waals surface area contributed by atoms with Gasteiger partial charge in [0.05, 0.1) is 0 Å². The van der Waals surface area contributed by atoms with Gasteiger partial charge in [0.1, 0.15) is 6.17 Å². The monoisotopic (exact) mass is 491 g/mol. The fourth-order valence-electron chi connectivity index (χ4n) is 5.66. The lowest BCUT2D eigenvalue weighted by Gasteiger charge is -2.33. The quantitative estimate of drug-likeness (QED) is 0.106. The van der Waals surface area contributed by atoms with Crippen molar-refractivity contribution in [1.82, 2.24) is 9.80 Å². The van der Waals surface area contributed by atoms with E-state index in [1.807, 2.05) is 0 Å². The van der Waals surface area contributed by atoms with Gasteiger partial charge in [-0.25, -0.2) is 0 Å². The van der Waals surface area contributed by atoms with E-state index in [1.54, 1.807) is 0 Å². The highest BCUT2D eigenvalue weighted by Gasteiger charge is 2.24. The molecule has 0 aromatic rings. The van der Waals surface area contributed by atoms with Gasteiger partial charge in [0.2, 0.25) is 0 Å². The Kier molecular flexibility index (Phi) is 23.1. The van der Waals surface area contributed by atoms with Crippen LogP contribution in [0.15, 0.2) is 12.4 Å². The van der Waals surface area contributed by atoms with E-state index in [0.717, 1.165) is 0 Å².